The van der Waals surface area contributed by atoms with Crippen molar-refractivity contribution in [2.24, 2.45) is 0 Å². The van der Waals surface area contributed by atoms with Gasteiger partial charge in [0.2, 0.25) is 5.91 Å². The fourth-order valence-corrected chi connectivity index (χ4v) is 2.76. The topological polar surface area (TPSA) is 84.5 Å². The Balaban J connectivity index is 1.75. The van der Waals surface area contributed by atoms with E-state index in [2.05, 4.69) is 17.2 Å². The summed E-state index contributed by atoms with van der Waals surface area (Å²) >= 11 is 0. The van der Waals surface area contributed by atoms with Gasteiger partial charge in [0.05, 0.1) is 5.56 Å². The van der Waals surface area contributed by atoms with Crippen LogP contribution in [0.25, 0.3) is 0 Å². The third kappa shape index (κ3) is 3.35. The van der Waals surface area contributed by atoms with Crippen LogP contribution in [0.3, 0.4) is 0 Å². The molecule has 2 aromatic carbocycles. The number of carbonyl (C=O) groups is 3. The van der Waals surface area contributed by atoms with Crippen molar-refractivity contribution in [2.45, 2.75) is 19.4 Å². The number of amides is 2. The normalized spacial score (nSPS) is 14.2. The van der Waals surface area contributed by atoms with Crippen molar-refractivity contribution in [2.75, 3.05) is 10.6 Å². The SMILES string of the molecule is C=CC(=O)Nc1ccc(C(=O)Nc2ccc3c(c2)C(=O)OC3(C)C)cc1. The van der Waals surface area contributed by atoms with Crippen molar-refractivity contribution in [3.05, 3.63) is 71.8 Å². The average molecular weight is 350 g/mol. The average Bonchev–Trinajstić information content (AvgIpc) is 2.84. The van der Waals surface area contributed by atoms with Crippen LogP contribution in [0.1, 0.15) is 40.1 Å². The molecule has 1 aliphatic heterocycles. The van der Waals surface area contributed by atoms with Gasteiger partial charge in [-0.2, -0.15) is 0 Å². The first-order valence-corrected chi connectivity index (χ1v) is 8.03. The Morgan fingerprint density at radius 2 is 1.69 bits per heavy atom. The van der Waals surface area contributed by atoms with E-state index in [1.54, 1.807) is 42.5 Å². The van der Waals surface area contributed by atoms with Gasteiger partial charge >= 0.3 is 5.97 Å². The third-order valence-corrected chi connectivity index (χ3v) is 4.09. The van der Waals surface area contributed by atoms with Crippen LogP contribution in [0.4, 0.5) is 11.4 Å². The number of hydrogen-bond donors (Lipinski definition) is 2. The van der Waals surface area contributed by atoms with Crippen molar-refractivity contribution in [3.63, 3.8) is 0 Å². The van der Waals surface area contributed by atoms with Gasteiger partial charge < -0.3 is 15.4 Å². The molecule has 2 aromatic rings. The smallest absolute Gasteiger partial charge is 0.339 e. The third-order valence-electron chi connectivity index (χ3n) is 4.09. The molecule has 6 heteroatoms. The Hall–Kier alpha value is -3.41. The predicted molar refractivity (Wildman–Crippen MR) is 98.1 cm³/mol. The van der Waals surface area contributed by atoms with Gasteiger partial charge in [-0.1, -0.05) is 12.6 Å². The summed E-state index contributed by atoms with van der Waals surface area (Å²) in [5, 5.41) is 5.37. The first kappa shape index (κ1) is 17.4. The lowest BCUT2D eigenvalue weighted by atomic mass is 9.96. The zero-order valence-corrected chi connectivity index (χ0v) is 14.5. The van der Waals surface area contributed by atoms with Crippen LogP contribution >= 0.6 is 0 Å². The van der Waals surface area contributed by atoms with Gasteiger partial charge in [0.25, 0.3) is 5.91 Å². The summed E-state index contributed by atoms with van der Waals surface area (Å²) in [5.74, 6) is -1.05. The Morgan fingerprint density at radius 1 is 1.04 bits per heavy atom. The number of fused-ring (bicyclic) bond motifs is 1. The van der Waals surface area contributed by atoms with Crippen LogP contribution in [0.2, 0.25) is 0 Å². The maximum absolute atomic E-state index is 12.4. The summed E-state index contributed by atoms with van der Waals surface area (Å²) in [4.78, 5) is 35.6. The molecule has 0 spiro atoms. The molecular weight excluding hydrogens is 332 g/mol. The highest BCUT2D eigenvalue weighted by Crippen LogP contribution is 2.36. The van der Waals surface area contributed by atoms with E-state index in [4.69, 9.17) is 4.74 Å². The number of benzene rings is 2. The second kappa shape index (κ2) is 6.48. The number of cyclic esters (lactones) is 1. The van der Waals surface area contributed by atoms with Crippen molar-refractivity contribution in [1.82, 2.24) is 0 Å². The fourth-order valence-electron chi connectivity index (χ4n) is 2.76. The maximum Gasteiger partial charge on any atom is 0.339 e. The summed E-state index contributed by atoms with van der Waals surface area (Å²) in [7, 11) is 0. The number of hydrogen-bond acceptors (Lipinski definition) is 4. The van der Waals surface area contributed by atoms with E-state index in [9.17, 15) is 14.4 Å². The maximum atomic E-state index is 12.4. The lowest BCUT2D eigenvalue weighted by molar-refractivity contribution is -0.111. The number of anilines is 2. The van der Waals surface area contributed by atoms with Gasteiger partial charge in [-0.25, -0.2) is 4.79 Å². The van der Waals surface area contributed by atoms with E-state index in [1.165, 1.54) is 6.08 Å². The lowest BCUT2D eigenvalue weighted by Gasteiger charge is -2.17. The summed E-state index contributed by atoms with van der Waals surface area (Å²) in [6.07, 6.45) is 1.17. The Labute approximate surface area is 150 Å². The number of ether oxygens (including phenoxy) is 1. The largest absolute Gasteiger partial charge is 0.451 e. The molecule has 3 rings (SSSR count). The first-order chi connectivity index (χ1) is 12.3. The Morgan fingerprint density at radius 3 is 2.35 bits per heavy atom. The molecule has 0 radical (unpaired) electrons. The molecule has 26 heavy (non-hydrogen) atoms. The van der Waals surface area contributed by atoms with E-state index >= 15 is 0 Å². The molecule has 1 aliphatic rings. The van der Waals surface area contributed by atoms with E-state index in [0.717, 1.165) is 5.56 Å². The van der Waals surface area contributed by atoms with Crippen molar-refractivity contribution in [3.8, 4) is 0 Å². The van der Waals surface area contributed by atoms with E-state index < -0.39 is 11.6 Å². The molecule has 0 aliphatic carbocycles. The minimum atomic E-state index is -0.666. The summed E-state index contributed by atoms with van der Waals surface area (Å²) < 4.78 is 5.32. The van der Waals surface area contributed by atoms with Crippen LogP contribution in [0, 0.1) is 0 Å². The molecular formula is C20H18N2O4. The highest BCUT2D eigenvalue weighted by Gasteiger charge is 2.37. The molecule has 0 bridgehead atoms. The molecule has 0 unspecified atom stereocenters. The van der Waals surface area contributed by atoms with Crippen LogP contribution in [0.15, 0.2) is 55.1 Å². The molecule has 6 nitrogen and oxygen atoms in total. The summed E-state index contributed by atoms with van der Waals surface area (Å²) in [6.45, 7) is 7.02. The van der Waals surface area contributed by atoms with Crippen LogP contribution in [-0.2, 0) is 15.1 Å². The minimum absolute atomic E-state index is 0.322. The summed E-state index contributed by atoms with van der Waals surface area (Å²) in [5.41, 5.74) is 2.07. The molecule has 0 fully saturated rings. The number of esters is 1. The van der Waals surface area contributed by atoms with Gasteiger partial charge in [0.15, 0.2) is 0 Å². The van der Waals surface area contributed by atoms with Crippen molar-refractivity contribution in [1.29, 1.82) is 0 Å². The quantitative estimate of drug-likeness (QED) is 0.653. The van der Waals surface area contributed by atoms with Gasteiger partial charge in [0.1, 0.15) is 5.60 Å². The van der Waals surface area contributed by atoms with Crippen LogP contribution < -0.4 is 10.6 Å². The van der Waals surface area contributed by atoms with E-state index in [1.807, 2.05) is 13.8 Å². The minimum Gasteiger partial charge on any atom is -0.451 e. The molecule has 1 heterocycles. The molecule has 0 saturated heterocycles. The highest BCUT2D eigenvalue weighted by molar-refractivity contribution is 6.06. The highest BCUT2D eigenvalue weighted by atomic mass is 16.6. The standard InChI is InChI=1S/C20H18N2O4/c1-4-17(23)21-13-7-5-12(6-8-13)18(24)22-14-9-10-16-15(11-14)19(25)26-20(16,2)3/h4-11H,1H2,2-3H3,(H,21,23)(H,22,24). The van der Waals surface area contributed by atoms with Gasteiger partial charge in [-0.3, -0.25) is 9.59 Å². The Bertz CT molecular complexity index is 914. The lowest BCUT2D eigenvalue weighted by Crippen LogP contribution is -2.16. The Kier molecular flexibility index (Phi) is 4.34. The zero-order chi connectivity index (χ0) is 18.9. The first-order valence-electron chi connectivity index (χ1n) is 8.03. The molecule has 0 atom stereocenters. The van der Waals surface area contributed by atoms with Crippen LogP contribution in [-0.4, -0.2) is 17.8 Å². The van der Waals surface area contributed by atoms with E-state index in [0.29, 0.717) is 22.5 Å². The molecule has 0 aromatic heterocycles. The van der Waals surface area contributed by atoms with Crippen molar-refractivity contribution < 1.29 is 19.1 Å². The van der Waals surface area contributed by atoms with Crippen LogP contribution in [0.5, 0.6) is 0 Å². The zero-order valence-electron chi connectivity index (χ0n) is 14.5. The van der Waals surface area contributed by atoms with Gasteiger partial charge in [-0.05, 0) is 56.3 Å². The van der Waals surface area contributed by atoms with E-state index in [-0.39, 0.29) is 11.8 Å². The molecule has 2 N–H and O–H groups in total. The molecule has 132 valence electrons. The monoisotopic (exact) mass is 350 g/mol. The second-order valence-electron chi connectivity index (χ2n) is 6.39. The summed E-state index contributed by atoms with van der Waals surface area (Å²) in [6, 6.07) is 11.6. The second-order valence-corrected chi connectivity index (χ2v) is 6.39. The van der Waals surface area contributed by atoms with Crippen molar-refractivity contribution >= 4 is 29.2 Å². The number of rotatable bonds is 4. The predicted octanol–water partition coefficient (Wildman–Crippen LogP) is 3.47. The number of carbonyl (C=O) groups excluding carboxylic acids is 3. The van der Waals surface area contributed by atoms with Gasteiger partial charge in [0, 0.05) is 22.5 Å². The fraction of sp³-hybridized carbons (Fsp3) is 0.150. The number of nitrogens with one attached hydrogen (secondary N) is 2. The molecule has 0 saturated carbocycles. The molecule has 2 amide bonds. The van der Waals surface area contributed by atoms with Gasteiger partial charge in [-0.15, -0.1) is 0 Å².